The highest BCUT2D eigenvalue weighted by atomic mass is 32.2. The Morgan fingerprint density at radius 2 is 2.05 bits per heavy atom. The van der Waals surface area contributed by atoms with Crippen LogP contribution in [0.25, 0.3) is 0 Å². The lowest BCUT2D eigenvalue weighted by Crippen LogP contribution is -2.38. The molecule has 0 radical (unpaired) electrons. The third-order valence-electron chi connectivity index (χ3n) is 4.06. The first kappa shape index (κ1) is 14.9. The third kappa shape index (κ3) is 4.23. The standard InChI is InChI=1S/C16H25NOS/c1-12(9-10-18)19-16-11-14(7-8-15(16)17)13-5-3-2-4-6-13/h2-6,12,14-16,18H,7-11,17H2,1H3. The molecule has 0 saturated heterocycles. The quantitative estimate of drug-likeness (QED) is 0.870. The smallest absolute Gasteiger partial charge is 0.0441 e. The van der Waals surface area contributed by atoms with Crippen LogP contribution in [0.1, 0.15) is 44.1 Å². The molecule has 4 atom stereocenters. The van der Waals surface area contributed by atoms with Crippen LogP contribution in [0.3, 0.4) is 0 Å². The molecule has 3 N–H and O–H groups in total. The second-order valence-electron chi connectivity index (χ2n) is 5.58. The molecule has 0 spiro atoms. The summed E-state index contributed by atoms with van der Waals surface area (Å²) in [5.41, 5.74) is 7.73. The molecular weight excluding hydrogens is 254 g/mol. The Hall–Kier alpha value is -0.510. The molecule has 3 heteroatoms. The maximum atomic E-state index is 9.02. The molecule has 1 aliphatic carbocycles. The van der Waals surface area contributed by atoms with Crippen LogP contribution in [0.5, 0.6) is 0 Å². The van der Waals surface area contributed by atoms with Gasteiger partial charge in [-0.3, -0.25) is 0 Å². The topological polar surface area (TPSA) is 46.2 Å². The fourth-order valence-electron chi connectivity index (χ4n) is 2.89. The summed E-state index contributed by atoms with van der Waals surface area (Å²) in [6.07, 6.45) is 4.36. The van der Waals surface area contributed by atoms with E-state index in [4.69, 9.17) is 10.8 Å². The van der Waals surface area contributed by atoms with Crippen LogP contribution < -0.4 is 5.73 Å². The van der Waals surface area contributed by atoms with Gasteiger partial charge in [-0.15, -0.1) is 0 Å². The average molecular weight is 279 g/mol. The molecule has 1 aliphatic rings. The minimum absolute atomic E-state index is 0.276. The van der Waals surface area contributed by atoms with Gasteiger partial charge < -0.3 is 10.8 Å². The minimum atomic E-state index is 0.276. The van der Waals surface area contributed by atoms with Gasteiger partial charge in [0.2, 0.25) is 0 Å². The molecule has 1 fully saturated rings. The van der Waals surface area contributed by atoms with E-state index in [1.807, 2.05) is 11.8 Å². The summed E-state index contributed by atoms with van der Waals surface area (Å²) in [4.78, 5) is 0. The van der Waals surface area contributed by atoms with Gasteiger partial charge in [-0.2, -0.15) is 11.8 Å². The van der Waals surface area contributed by atoms with Crippen molar-refractivity contribution >= 4 is 11.8 Å². The Morgan fingerprint density at radius 1 is 1.32 bits per heavy atom. The number of rotatable bonds is 5. The van der Waals surface area contributed by atoms with Crippen LogP contribution in [0.2, 0.25) is 0 Å². The van der Waals surface area contributed by atoms with E-state index < -0.39 is 0 Å². The second kappa shape index (κ2) is 7.32. The van der Waals surface area contributed by atoms with Gasteiger partial charge in [-0.05, 0) is 37.2 Å². The lowest BCUT2D eigenvalue weighted by molar-refractivity contribution is 0.288. The molecule has 0 heterocycles. The first-order chi connectivity index (χ1) is 9.20. The van der Waals surface area contributed by atoms with Crippen molar-refractivity contribution in [1.29, 1.82) is 0 Å². The fraction of sp³-hybridized carbons (Fsp3) is 0.625. The second-order valence-corrected chi connectivity index (χ2v) is 7.26. The maximum Gasteiger partial charge on any atom is 0.0441 e. The lowest BCUT2D eigenvalue weighted by atomic mass is 9.82. The number of hydrogen-bond acceptors (Lipinski definition) is 3. The van der Waals surface area contributed by atoms with Gasteiger partial charge in [0.15, 0.2) is 0 Å². The molecule has 0 bridgehead atoms. The molecule has 1 saturated carbocycles. The zero-order valence-electron chi connectivity index (χ0n) is 11.7. The van der Waals surface area contributed by atoms with E-state index in [1.165, 1.54) is 18.4 Å². The number of benzene rings is 1. The lowest BCUT2D eigenvalue weighted by Gasteiger charge is -2.35. The van der Waals surface area contributed by atoms with Gasteiger partial charge in [0.25, 0.3) is 0 Å². The molecule has 0 amide bonds. The van der Waals surface area contributed by atoms with Gasteiger partial charge >= 0.3 is 0 Å². The summed E-state index contributed by atoms with van der Waals surface area (Å²) < 4.78 is 0. The van der Waals surface area contributed by atoms with Gasteiger partial charge in [0, 0.05) is 23.1 Å². The van der Waals surface area contributed by atoms with Crippen molar-refractivity contribution < 1.29 is 5.11 Å². The minimum Gasteiger partial charge on any atom is -0.396 e. The van der Waals surface area contributed by atoms with Crippen molar-refractivity contribution in [1.82, 2.24) is 0 Å². The molecule has 2 nitrogen and oxygen atoms in total. The highest BCUT2D eigenvalue weighted by Crippen LogP contribution is 2.39. The fourth-order valence-corrected chi connectivity index (χ4v) is 4.40. The molecule has 19 heavy (non-hydrogen) atoms. The van der Waals surface area contributed by atoms with Crippen LogP contribution in [0, 0.1) is 0 Å². The zero-order chi connectivity index (χ0) is 13.7. The predicted molar refractivity (Wildman–Crippen MR) is 83.6 cm³/mol. The number of aliphatic hydroxyl groups is 1. The van der Waals surface area contributed by atoms with Gasteiger partial charge in [0.05, 0.1) is 0 Å². The molecule has 2 rings (SSSR count). The highest BCUT2D eigenvalue weighted by Gasteiger charge is 2.30. The highest BCUT2D eigenvalue weighted by molar-refractivity contribution is 8.00. The Kier molecular flexibility index (Phi) is 5.74. The molecule has 4 unspecified atom stereocenters. The van der Waals surface area contributed by atoms with E-state index in [1.54, 1.807) is 0 Å². The third-order valence-corrected chi connectivity index (χ3v) is 5.65. The van der Waals surface area contributed by atoms with E-state index in [0.717, 1.165) is 12.8 Å². The van der Waals surface area contributed by atoms with Crippen LogP contribution in [-0.2, 0) is 0 Å². The molecule has 1 aromatic carbocycles. The Balaban J connectivity index is 1.96. The number of aliphatic hydroxyl groups excluding tert-OH is 1. The van der Waals surface area contributed by atoms with E-state index >= 15 is 0 Å². The monoisotopic (exact) mass is 279 g/mol. The number of thioether (sulfide) groups is 1. The normalized spacial score (nSPS) is 29.1. The van der Waals surface area contributed by atoms with Crippen molar-refractivity contribution in [2.75, 3.05) is 6.61 Å². The van der Waals surface area contributed by atoms with Crippen molar-refractivity contribution in [2.45, 2.75) is 55.1 Å². The van der Waals surface area contributed by atoms with E-state index in [0.29, 0.717) is 22.5 Å². The maximum absolute atomic E-state index is 9.02. The summed E-state index contributed by atoms with van der Waals surface area (Å²) in [6.45, 7) is 2.47. The van der Waals surface area contributed by atoms with Gasteiger partial charge in [-0.25, -0.2) is 0 Å². The summed E-state index contributed by atoms with van der Waals surface area (Å²) >= 11 is 1.97. The first-order valence-corrected chi connectivity index (χ1v) is 8.22. The predicted octanol–water partition coefficient (Wildman–Crippen LogP) is 3.15. The Morgan fingerprint density at radius 3 is 2.74 bits per heavy atom. The molecular formula is C16H25NOS. The SMILES string of the molecule is CC(CCO)SC1CC(c2ccccc2)CCC1N. The van der Waals surface area contributed by atoms with Crippen molar-refractivity contribution in [3.05, 3.63) is 35.9 Å². The van der Waals surface area contributed by atoms with Gasteiger partial charge in [-0.1, -0.05) is 37.3 Å². The van der Waals surface area contributed by atoms with Crippen molar-refractivity contribution in [2.24, 2.45) is 5.73 Å². The first-order valence-electron chi connectivity index (χ1n) is 7.27. The molecule has 0 aliphatic heterocycles. The van der Waals surface area contributed by atoms with Gasteiger partial charge in [0.1, 0.15) is 0 Å². The van der Waals surface area contributed by atoms with E-state index in [-0.39, 0.29) is 6.61 Å². The Labute approximate surface area is 120 Å². The molecule has 0 aromatic heterocycles. The van der Waals surface area contributed by atoms with Crippen LogP contribution in [0.4, 0.5) is 0 Å². The number of hydrogen-bond donors (Lipinski definition) is 2. The van der Waals surface area contributed by atoms with E-state index in [2.05, 4.69) is 37.3 Å². The Bertz CT molecular complexity index is 370. The summed E-state index contributed by atoms with van der Waals surface area (Å²) in [7, 11) is 0. The largest absolute Gasteiger partial charge is 0.396 e. The molecule has 106 valence electrons. The van der Waals surface area contributed by atoms with Crippen LogP contribution in [-0.4, -0.2) is 28.3 Å². The summed E-state index contributed by atoms with van der Waals surface area (Å²) in [6, 6.07) is 11.1. The summed E-state index contributed by atoms with van der Waals surface area (Å²) in [5.74, 6) is 0.653. The number of nitrogens with two attached hydrogens (primary N) is 1. The van der Waals surface area contributed by atoms with E-state index in [9.17, 15) is 0 Å². The zero-order valence-corrected chi connectivity index (χ0v) is 12.5. The van der Waals surface area contributed by atoms with Crippen LogP contribution in [0.15, 0.2) is 30.3 Å². The average Bonchev–Trinajstić information content (AvgIpc) is 2.42. The summed E-state index contributed by atoms with van der Waals surface area (Å²) in [5, 5.41) is 10.0. The van der Waals surface area contributed by atoms with Crippen LogP contribution >= 0.6 is 11.8 Å². The molecule has 1 aromatic rings. The van der Waals surface area contributed by atoms with Crippen molar-refractivity contribution in [3.8, 4) is 0 Å². The van der Waals surface area contributed by atoms with Crippen molar-refractivity contribution in [3.63, 3.8) is 0 Å².